The number of furan rings is 2. The largest absolute Gasteiger partial charge is 0.456 e. The van der Waals surface area contributed by atoms with Crippen LogP contribution in [0.15, 0.2) is 175 Å². The predicted molar refractivity (Wildman–Crippen MR) is 217 cm³/mol. The second kappa shape index (κ2) is 13.3. The van der Waals surface area contributed by atoms with Gasteiger partial charge in [0, 0.05) is 32.7 Å². The topological polar surface area (TPSA) is 63.4 Å². The molecule has 0 saturated heterocycles. The fraction of sp³-hybridized carbons (Fsp3) is 0.0851. The summed E-state index contributed by atoms with van der Waals surface area (Å²) in [4.78, 5) is 15.2. The Kier molecular flexibility index (Phi) is 8.01. The summed E-state index contributed by atoms with van der Waals surface area (Å²) in [7, 11) is 0. The van der Waals surface area contributed by atoms with Crippen molar-refractivity contribution >= 4 is 67.8 Å². The molecule has 0 amide bonds. The fourth-order valence-electron chi connectivity index (χ4n) is 7.24. The number of rotatable bonds is 6. The molecule has 0 N–H and O–H groups in total. The van der Waals surface area contributed by atoms with Crippen LogP contribution in [-0.4, -0.2) is 18.4 Å². The molecule has 0 radical (unpaired) electrons. The van der Waals surface area contributed by atoms with Gasteiger partial charge in [-0.3, -0.25) is 4.99 Å². The average molecular weight is 674 g/mol. The van der Waals surface area contributed by atoms with E-state index in [0.29, 0.717) is 24.1 Å². The standard InChI is InChI=1S/C47H35N3O2/c1-30-19-21-32(22-20-30)33-23-25-34(26-24-33)35-27-28-42-44(37-14-7-9-17-40(37)52-42)45(35)47(48-2)50-46(49-29-31-11-4-3-5-12-31)38-15-10-18-41-43(38)36-13-6-8-16-39(36)51-41/h3-19,21-28,30H,2,20,29H2,1H3. The maximum atomic E-state index is 6.40. The third-order valence-corrected chi connectivity index (χ3v) is 9.87. The molecule has 2 aromatic heterocycles. The highest BCUT2D eigenvalue weighted by molar-refractivity contribution is 6.27. The maximum absolute atomic E-state index is 6.40. The van der Waals surface area contributed by atoms with Crippen molar-refractivity contribution < 1.29 is 8.83 Å². The summed E-state index contributed by atoms with van der Waals surface area (Å²) in [6.07, 6.45) is 7.87. The Morgan fingerprint density at radius 2 is 1.31 bits per heavy atom. The Bertz CT molecular complexity index is 2760. The molecule has 9 rings (SSSR count). The van der Waals surface area contributed by atoms with E-state index in [9.17, 15) is 0 Å². The number of amidine groups is 2. The molecule has 250 valence electrons. The van der Waals surface area contributed by atoms with Gasteiger partial charge in [0.15, 0.2) is 11.7 Å². The highest BCUT2D eigenvalue weighted by Gasteiger charge is 2.22. The van der Waals surface area contributed by atoms with Crippen molar-refractivity contribution in [1.82, 2.24) is 0 Å². The van der Waals surface area contributed by atoms with Gasteiger partial charge in [0.25, 0.3) is 0 Å². The van der Waals surface area contributed by atoms with Crippen molar-refractivity contribution in [3.8, 4) is 11.1 Å². The number of fused-ring (bicyclic) bond motifs is 6. The van der Waals surface area contributed by atoms with Gasteiger partial charge in [-0.2, -0.15) is 0 Å². The van der Waals surface area contributed by atoms with E-state index >= 15 is 0 Å². The van der Waals surface area contributed by atoms with Gasteiger partial charge in [0.05, 0.1) is 6.54 Å². The molecule has 1 unspecified atom stereocenters. The van der Waals surface area contributed by atoms with Gasteiger partial charge >= 0.3 is 0 Å². The first-order valence-electron chi connectivity index (χ1n) is 17.6. The minimum atomic E-state index is 0.437. The van der Waals surface area contributed by atoms with E-state index in [2.05, 4.69) is 97.5 Å². The fourth-order valence-corrected chi connectivity index (χ4v) is 7.24. The van der Waals surface area contributed by atoms with Gasteiger partial charge < -0.3 is 8.83 Å². The summed E-state index contributed by atoms with van der Waals surface area (Å²) in [6, 6.07) is 45.3. The van der Waals surface area contributed by atoms with E-state index in [1.54, 1.807) is 0 Å². The summed E-state index contributed by atoms with van der Waals surface area (Å²) in [6.45, 7) is 6.77. The van der Waals surface area contributed by atoms with Gasteiger partial charge in [-0.15, -0.1) is 0 Å². The zero-order valence-electron chi connectivity index (χ0n) is 28.8. The number of allylic oxidation sites excluding steroid dienone is 4. The predicted octanol–water partition coefficient (Wildman–Crippen LogP) is 12.2. The molecule has 6 aromatic carbocycles. The molecule has 0 fully saturated rings. The van der Waals surface area contributed by atoms with Crippen LogP contribution in [0, 0.1) is 5.92 Å². The average Bonchev–Trinajstić information content (AvgIpc) is 3.77. The van der Waals surface area contributed by atoms with E-state index in [0.717, 1.165) is 78.1 Å². The first-order valence-corrected chi connectivity index (χ1v) is 17.6. The lowest BCUT2D eigenvalue weighted by Gasteiger charge is -2.15. The summed E-state index contributed by atoms with van der Waals surface area (Å²) in [5.41, 5.74) is 10.4. The SMILES string of the molecule is C=NC(=NC(=NCc1ccccc1)c1cccc2oc3ccccc3c12)c1c(-c2ccc(C3=CCC(C)C=C3)cc2)ccc2oc3ccccc3c12. The summed E-state index contributed by atoms with van der Waals surface area (Å²) < 4.78 is 12.7. The van der Waals surface area contributed by atoms with E-state index in [-0.39, 0.29) is 0 Å². The van der Waals surface area contributed by atoms with Crippen LogP contribution in [0.4, 0.5) is 0 Å². The van der Waals surface area contributed by atoms with Crippen molar-refractivity contribution in [3.63, 3.8) is 0 Å². The Balaban J connectivity index is 1.27. The molecule has 1 atom stereocenters. The highest BCUT2D eigenvalue weighted by atomic mass is 16.3. The summed E-state index contributed by atoms with van der Waals surface area (Å²) >= 11 is 0. The van der Waals surface area contributed by atoms with Crippen molar-refractivity contribution in [2.75, 3.05) is 0 Å². The second-order valence-electron chi connectivity index (χ2n) is 13.3. The quantitative estimate of drug-likeness (QED) is 0.130. The van der Waals surface area contributed by atoms with Crippen LogP contribution in [0.3, 0.4) is 0 Å². The monoisotopic (exact) mass is 673 g/mol. The minimum Gasteiger partial charge on any atom is -0.456 e. The van der Waals surface area contributed by atoms with Crippen LogP contribution in [0.2, 0.25) is 0 Å². The Labute approximate surface area is 301 Å². The molecule has 5 nitrogen and oxygen atoms in total. The number of hydrogen-bond acceptors (Lipinski definition) is 3. The van der Waals surface area contributed by atoms with Crippen molar-refractivity contribution in [2.45, 2.75) is 19.9 Å². The van der Waals surface area contributed by atoms with Crippen LogP contribution in [-0.2, 0) is 6.54 Å². The smallest absolute Gasteiger partial charge is 0.162 e. The van der Waals surface area contributed by atoms with Gasteiger partial charge in [0.2, 0.25) is 0 Å². The molecule has 1 aliphatic carbocycles. The van der Waals surface area contributed by atoms with E-state index < -0.39 is 0 Å². The molecule has 0 saturated carbocycles. The number of para-hydroxylation sites is 2. The van der Waals surface area contributed by atoms with E-state index in [4.69, 9.17) is 18.8 Å². The zero-order chi connectivity index (χ0) is 35.0. The number of aliphatic imine (C=N–C) groups is 3. The summed E-state index contributed by atoms with van der Waals surface area (Å²) in [5, 5.41) is 3.88. The summed E-state index contributed by atoms with van der Waals surface area (Å²) in [5.74, 6) is 1.56. The lowest BCUT2D eigenvalue weighted by Crippen LogP contribution is -2.08. The van der Waals surface area contributed by atoms with Crippen LogP contribution < -0.4 is 0 Å². The maximum Gasteiger partial charge on any atom is 0.162 e. The first kappa shape index (κ1) is 31.4. The molecular weight excluding hydrogens is 639 g/mol. The van der Waals surface area contributed by atoms with Gasteiger partial charge in [-0.05, 0) is 77.2 Å². The molecule has 0 spiro atoms. The Morgan fingerprint density at radius 1 is 0.654 bits per heavy atom. The molecule has 1 aliphatic rings. The van der Waals surface area contributed by atoms with Crippen LogP contribution in [0.1, 0.15) is 35.6 Å². The zero-order valence-corrected chi connectivity index (χ0v) is 28.8. The van der Waals surface area contributed by atoms with Gasteiger partial charge in [0.1, 0.15) is 22.3 Å². The molecule has 5 heteroatoms. The molecule has 0 aliphatic heterocycles. The number of benzene rings is 6. The normalized spacial score (nSPS) is 15.2. The Morgan fingerprint density at radius 3 is 2.02 bits per heavy atom. The van der Waals surface area contributed by atoms with Crippen molar-refractivity contribution in [1.29, 1.82) is 0 Å². The van der Waals surface area contributed by atoms with Gasteiger partial charge in [-0.25, -0.2) is 9.98 Å². The van der Waals surface area contributed by atoms with Crippen molar-refractivity contribution in [3.05, 3.63) is 174 Å². The second-order valence-corrected chi connectivity index (χ2v) is 13.3. The van der Waals surface area contributed by atoms with Crippen molar-refractivity contribution in [2.24, 2.45) is 20.9 Å². The van der Waals surface area contributed by atoms with Gasteiger partial charge in [-0.1, -0.05) is 128 Å². The van der Waals surface area contributed by atoms with E-state index in [1.165, 1.54) is 11.1 Å². The lowest BCUT2D eigenvalue weighted by molar-refractivity contribution is 0.668. The molecule has 8 aromatic rings. The van der Waals surface area contributed by atoms with Crippen LogP contribution in [0.5, 0.6) is 0 Å². The highest BCUT2D eigenvalue weighted by Crippen LogP contribution is 2.39. The Hall–Kier alpha value is -6.59. The number of hydrogen-bond donors (Lipinski definition) is 0. The molecule has 0 bridgehead atoms. The third-order valence-electron chi connectivity index (χ3n) is 9.87. The third kappa shape index (κ3) is 5.66. The van der Waals surface area contributed by atoms with E-state index in [1.807, 2.05) is 72.8 Å². The number of nitrogens with zero attached hydrogens (tertiary/aromatic N) is 3. The van der Waals surface area contributed by atoms with Crippen LogP contribution in [0.25, 0.3) is 60.6 Å². The first-order chi connectivity index (χ1) is 25.6. The molecular formula is C47H35N3O2. The minimum absolute atomic E-state index is 0.437. The van der Waals surface area contributed by atoms with Crippen LogP contribution >= 0.6 is 0 Å². The molecule has 2 heterocycles. The lowest BCUT2D eigenvalue weighted by atomic mass is 9.91. The molecule has 52 heavy (non-hydrogen) atoms.